The molecular weight excluding hydrogens is 140 g/mol. The summed E-state index contributed by atoms with van der Waals surface area (Å²) < 4.78 is 4.78. The van der Waals surface area contributed by atoms with Gasteiger partial charge in [0, 0.05) is 0 Å². The molecule has 1 saturated carbocycles. The molecule has 1 atom stereocenters. The van der Waals surface area contributed by atoms with Gasteiger partial charge in [-0.25, -0.2) is 4.79 Å². The molecule has 1 fully saturated rings. The summed E-state index contributed by atoms with van der Waals surface area (Å²) in [6, 6.07) is 0. The topological polar surface area (TPSA) is 26.3 Å². The second-order valence-electron chi connectivity index (χ2n) is 3.30. The molecular formula is C9H15O2. The van der Waals surface area contributed by atoms with Crippen LogP contribution < -0.4 is 0 Å². The van der Waals surface area contributed by atoms with Crippen molar-refractivity contribution in [2.75, 3.05) is 0 Å². The van der Waals surface area contributed by atoms with Crippen LogP contribution in [0.2, 0.25) is 0 Å². The molecule has 1 aliphatic rings. The third kappa shape index (κ3) is 2.52. The monoisotopic (exact) mass is 155 g/mol. The van der Waals surface area contributed by atoms with Crippen LogP contribution in [-0.2, 0) is 9.53 Å². The summed E-state index contributed by atoms with van der Waals surface area (Å²) in [4.78, 5) is 9.91. The lowest BCUT2D eigenvalue weighted by Crippen LogP contribution is -2.22. The molecule has 2 heteroatoms. The van der Waals surface area contributed by atoms with E-state index >= 15 is 0 Å². The quantitative estimate of drug-likeness (QED) is 0.623. The van der Waals surface area contributed by atoms with Crippen LogP contribution in [0, 0.1) is 5.92 Å². The zero-order valence-electron chi connectivity index (χ0n) is 7.01. The molecule has 2 nitrogen and oxygen atoms in total. The van der Waals surface area contributed by atoms with Crippen molar-refractivity contribution >= 4 is 6.47 Å². The van der Waals surface area contributed by atoms with E-state index in [0.29, 0.717) is 5.92 Å². The summed E-state index contributed by atoms with van der Waals surface area (Å²) in [5.41, 5.74) is 0. The molecule has 0 saturated heterocycles. The third-order valence-electron chi connectivity index (χ3n) is 2.55. The highest BCUT2D eigenvalue weighted by molar-refractivity contribution is 5.38. The Morgan fingerprint density at radius 2 is 2.00 bits per heavy atom. The lowest BCUT2D eigenvalue weighted by molar-refractivity contribution is 0.107. The van der Waals surface area contributed by atoms with Gasteiger partial charge in [0.05, 0.1) is 0 Å². The molecule has 0 heterocycles. The van der Waals surface area contributed by atoms with Crippen LogP contribution in [0.5, 0.6) is 0 Å². The first kappa shape index (κ1) is 8.57. The van der Waals surface area contributed by atoms with Gasteiger partial charge in [-0.05, 0) is 25.7 Å². The van der Waals surface area contributed by atoms with Crippen molar-refractivity contribution < 1.29 is 9.53 Å². The van der Waals surface area contributed by atoms with Gasteiger partial charge in [0.15, 0.2) is 0 Å². The van der Waals surface area contributed by atoms with Gasteiger partial charge in [-0.2, -0.15) is 0 Å². The average molecular weight is 155 g/mol. The molecule has 1 aliphatic carbocycles. The minimum atomic E-state index is 0.0767. The molecule has 0 bridgehead atoms. The van der Waals surface area contributed by atoms with Crippen molar-refractivity contribution in [2.45, 2.75) is 45.1 Å². The second kappa shape index (κ2) is 4.37. The Hall–Kier alpha value is -0.530. The number of hydrogen-bond donors (Lipinski definition) is 0. The summed E-state index contributed by atoms with van der Waals surface area (Å²) in [5.74, 6) is 0.588. The number of rotatable bonds is 3. The lowest BCUT2D eigenvalue weighted by Gasteiger charge is -2.25. The molecule has 0 aromatic rings. The minimum absolute atomic E-state index is 0.0767. The highest BCUT2D eigenvalue weighted by Crippen LogP contribution is 2.27. The SMILES string of the molecule is CC(O[C]=O)C1CCCCC1. The maximum absolute atomic E-state index is 9.91. The maximum Gasteiger partial charge on any atom is 0.417 e. The fraction of sp³-hybridized carbons (Fsp3) is 0.889. The molecule has 63 valence electrons. The first-order valence-corrected chi connectivity index (χ1v) is 4.37. The van der Waals surface area contributed by atoms with Crippen molar-refractivity contribution in [2.24, 2.45) is 5.92 Å². The Morgan fingerprint density at radius 1 is 1.36 bits per heavy atom. The molecule has 0 aromatic carbocycles. The van der Waals surface area contributed by atoms with Gasteiger partial charge in [0.1, 0.15) is 6.10 Å². The summed E-state index contributed by atoms with van der Waals surface area (Å²) in [6.07, 6.45) is 6.42. The maximum atomic E-state index is 9.91. The summed E-state index contributed by atoms with van der Waals surface area (Å²) in [5, 5.41) is 0. The molecule has 0 amide bonds. The normalized spacial score (nSPS) is 22.6. The molecule has 0 N–H and O–H groups in total. The van der Waals surface area contributed by atoms with E-state index in [9.17, 15) is 4.79 Å². The average Bonchev–Trinajstić information content (AvgIpc) is 2.07. The number of ether oxygens (including phenoxy) is 1. The van der Waals surface area contributed by atoms with E-state index < -0.39 is 0 Å². The van der Waals surface area contributed by atoms with Crippen LogP contribution in [0.3, 0.4) is 0 Å². The van der Waals surface area contributed by atoms with Crippen molar-refractivity contribution in [1.29, 1.82) is 0 Å². The van der Waals surface area contributed by atoms with Crippen LogP contribution >= 0.6 is 0 Å². The molecule has 0 aromatic heterocycles. The van der Waals surface area contributed by atoms with Crippen LogP contribution in [0.1, 0.15) is 39.0 Å². The van der Waals surface area contributed by atoms with E-state index in [1.54, 1.807) is 0 Å². The minimum Gasteiger partial charge on any atom is -0.454 e. The highest BCUT2D eigenvalue weighted by atomic mass is 16.5. The van der Waals surface area contributed by atoms with Crippen molar-refractivity contribution in [1.82, 2.24) is 0 Å². The predicted octanol–water partition coefficient (Wildman–Crippen LogP) is 2.04. The van der Waals surface area contributed by atoms with Gasteiger partial charge in [0.2, 0.25) is 0 Å². The van der Waals surface area contributed by atoms with Crippen molar-refractivity contribution in [3.05, 3.63) is 0 Å². The van der Waals surface area contributed by atoms with Crippen molar-refractivity contribution in [3.63, 3.8) is 0 Å². The van der Waals surface area contributed by atoms with E-state index in [4.69, 9.17) is 4.74 Å². The van der Waals surface area contributed by atoms with E-state index in [-0.39, 0.29) is 6.10 Å². The predicted molar refractivity (Wildman–Crippen MR) is 42.8 cm³/mol. The lowest BCUT2D eigenvalue weighted by atomic mass is 9.86. The van der Waals surface area contributed by atoms with E-state index in [2.05, 4.69) is 0 Å². The fourth-order valence-electron chi connectivity index (χ4n) is 1.78. The van der Waals surface area contributed by atoms with Gasteiger partial charge in [-0.3, -0.25) is 0 Å². The van der Waals surface area contributed by atoms with E-state index in [1.807, 2.05) is 6.92 Å². The van der Waals surface area contributed by atoms with Gasteiger partial charge < -0.3 is 4.74 Å². The third-order valence-corrected chi connectivity index (χ3v) is 2.55. The standard InChI is InChI=1S/C9H15O2/c1-8(11-7-10)9-5-3-2-4-6-9/h8-9H,2-6H2,1H3. The molecule has 1 radical (unpaired) electrons. The smallest absolute Gasteiger partial charge is 0.417 e. The van der Waals surface area contributed by atoms with Gasteiger partial charge in [-0.15, -0.1) is 0 Å². The number of hydrogen-bond acceptors (Lipinski definition) is 2. The molecule has 0 aliphatic heterocycles. The Balaban J connectivity index is 2.26. The Morgan fingerprint density at radius 3 is 2.55 bits per heavy atom. The Labute approximate surface area is 67.9 Å². The van der Waals surface area contributed by atoms with Crippen LogP contribution in [0.15, 0.2) is 0 Å². The summed E-state index contributed by atoms with van der Waals surface area (Å²) in [6.45, 7) is 3.47. The molecule has 1 unspecified atom stereocenters. The Kier molecular flexibility index (Phi) is 3.40. The van der Waals surface area contributed by atoms with E-state index in [0.717, 1.165) is 0 Å². The Bertz CT molecular complexity index is 117. The first-order chi connectivity index (χ1) is 5.34. The fourth-order valence-corrected chi connectivity index (χ4v) is 1.78. The first-order valence-electron chi connectivity index (χ1n) is 4.37. The van der Waals surface area contributed by atoms with Gasteiger partial charge in [0.25, 0.3) is 0 Å². The van der Waals surface area contributed by atoms with Gasteiger partial charge in [-0.1, -0.05) is 19.3 Å². The van der Waals surface area contributed by atoms with Crippen LogP contribution in [0.4, 0.5) is 0 Å². The molecule has 1 rings (SSSR count). The van der Waals surface area contributed by atoms with Crippen molar-refractivity contribution in [3.8, 4) is 0 Å². The zero-order chi connectivity index (χ0) is 8.10. The molecule has 0 spiro atoms. The highest BCUT2D eigenvalue weighted by Gasteiger charge is 2.20. The zero-order valence-corrected chi connectivity index (χ0v) is 7.01. The summed E-state index contributed by atoms with van der Waals surface area (Å²) >= 11 is 0. The van der Waals surface area contributed by atoms with Gasteiger partial charge >= 0.3 is 6.47 Å². The van der Waals surface area contributed by atoms with Crippen LogP contribution in [0.25, 0.3) is 0 Å². The molecule has 11 heavy (non-hydrogen) atoms. The van der Waals surface area contributed by atoms with E-state index in [1.165, 1.54) is 38.6 Å². The number of carbonyl (C=O) groups excluding carboxylic acids is 1. The second-order valence-corrected chi connectivity index (χ2v) is 3.30. The largest absolute Gasteiger partial charge is 0.454 e. The van der Waals surface area contributed by atoms with Crippen LogP contribution in [-0.4, -0.2) is 12.6 Å². The summed E-state index contributed by atoms with van der Waals surface area (Å²) in [7, 11) is 0.